The Hall–Kier alpha value is -0.0800. The molecule has 16 heavy (non-hydrogen) atoms. The predicted molar refractivity (Wildman–Crippen MR) is 69.8 cm³/mol. The van der Waals surface area contributed by atoms with Crippen LogP contribution in [0.4, 0.5) is 4.39 Å². The van der Waals surface area contributed by atoms with Gasteiger partial charge in [-0.05, 0) is 42.9 Å². The van der Waals surface area contributed by atoms with Gasteiger partial charge in [0.2, 0.25) is 0 Å². The first-order valence-electron chi connectivity index (χ1n) is 5.75. The molecular weight excluding hydrogens is 290 g/mol. The van der Waals surface area contributed by atoms with Crippen LogP contribution in [0.1, 0.15) is 31.2 Å². The fraction of sp³-hybridized carbons (Fsp3) is 0.538. The first kappa shape index (κ1) is 12.4. The minimum absolute atomic E-state index is 0.236. The molecule has 0 aromatic heterocycles. The van der Waals surface area contributed by atoms with Gasteiger partial charge in [0.1, 0.15) is 5.82 Å². The minimum Gasteiger partial charge on any atom is -0.205 e. The van der Waals surface area contributed by atoms with Crippen LogP contribution in [-0.4, -0.2) is 4.83 Å². The highest BCUT2D eigenvalue weighted by molar-refractivity contribution is 9.09. The molecule has 1 aliphatic rings. The van der Waals surface area contributed by atoms with E-state index in [0.717, 1.165) is 12.0 Å². The van der Waals surface area contributed by atoms with Crippen molar-refractivity contribution in [3.63, 3.8) is 0 Å². The fourth-order valence-corrected chi connectivity index (χ4v) is 3.34. The van der Waals surface area contributed by atoms with Gasteiger partial charge < -0.3 is 0 Å². The van der Waals surface area contributed by atoms with Crippen LogP contribution in [0, 0.1) is 11.7 Å². The number of rotatable bonds is 2. The molecule has 2 unspecified atom stereocenters. The normalized spacial score (nSPS) is 25.7. The molecular formula is C13H15BrClF. The molecule has 1 fully saturated rings. The summed E-state index contributed by atoms with van der Waals surface area (Å²) in [5, 5.41) is 0.236. The zero-order chi connectivity index (χ0) is 11.5. The maximum atomic E-state index is 13.0. The van der Waals surface area contributed by atoms with E-state index in [1.165, 1.54) is 31.7 Å². The Kier molecular flexibility index (Phi) is 4.26. The highest BCUT2D eigenvalue weighted by Gasteiger charge is 2.22. The van der Waals surface area contributed by atoms with Crippen molar-refractivity contribution in [2.75, 3.05) is 0 Å². The molecule has 0 saturated heterocycles. The summed E-state index contributed by atoms with van der Waals surface area (Å²) >= 11 is 9.52. The van der Waals surface area contributed by atoms with E-state index >= 15 is 0 Å². The van der Waals surface area contributed by atoms with E-state index in [1.54, 1.807) is 6.07 Å². The van der Waals surface area contributed by atoms with Gasteiger partial charge in [0, 0.05) is 4.83 Å². The van der Waals surface area contributed by atoms with Gasteiger partial charge in [0.15, 0.2) is 0 Å². The number of halogens is 3. The lowest BCUT2D eigenvalue weighted by atomic mass is 9.85. The van der Waals surface area contributed by atoms with Crippen LogP contribution in [0.3, 0.4) is 0 Å². The highest BCUT2D eigenvalue weighted by Crippen LogP contribution is 2.32. The van der Waals surface area contributed by atoms with Crippen LogP contribution < -0.4 is 0 Å². The van der Waals surface area contributed by atoms with Gasteiger partial charge in [-0.3, -0.25) is 0 Å². The maximum Gasteiger partial charge on any atom is 0.141 e. The van der Waals surface area contributed by atoms with E-state index in [4.69, 9.17) is 11.6 Å². The number of hydrogen-bond acceptors (Lipinski definition) is 0. The lowest BCUT2D eigenvalue weighted by Crippen LogP contribution is -2.21. The summed E-state index contributed by atoms with van der Waals surface area (Å²) in [7, 11) is 0. The second-order valence-corrected chi connectivity index (χ2v) is 6.10. The van der Waals surface area contributed by atoms with Crippen molar-refractivity contribution >= 4 is 27.5 Å². The molecule has 3 heteroatoms. The van der Waals surface area contributed by atoms with Crippen molar-refractivity contribution in [1.82, 2.24) is 0 Å². The second kappa shape index (κ2) is 5.50. The van der Waals surface area contributed by atoms with Crippen molar-refractivity contribution < 1.29 is 4.39 Å². The molecule has 2 atom stereocenters. The summed E-state index contributed by atoms with van der Waals surface area (Å²) in [6.07, 6.45) is 6.12. The molecule has 0 heterocycles. The molecule has 0 nitrogen and oxygen atoms in total. The van der Waals surface area contributed by atoms with E-state index in [-0.39, 0.29) is 10.8 Å². The molecule has 0 N–H and O–H groups in total. The van der Waals surface area contributed by atoms with Gasteiger partial charge in [-0.1, -0.05) is 46.4 Å². The quantitative estimate of drug-likeness (QED) is 0.676. The maximum absolute atomic E-state index is 13.0. The zero-order valence-electron chi connectivity index (χ0n) is 9.06. The SMILES string of the molecule is Fc1ccc(CC2CCCCC2Br)cc1Cl. The van der Waals surface area contributed by atoms with Crippen LogP contribution in [0.25, 0.3) is 0 Å². The molecule has 0 radical (unpaired) electrons. The van der Waals surface area contributed by atoms with E-state index in [9.17, 15) is 4.39 Å². The fourth-order valence-electron chi connectivity index (χ4n) is 2.36. The van der Waals surface area contributed by atoms with Crippen LogP contribution in [-0.2, 0) is 6.42 Å². The van der Waals surface area contributed by atoms with Crippen molar-refractivity contribution in [3.05, 3.63) is 34.6 Å². The van der Waals surface area contributed by atoms with Crippen LogP contribution in [0.2, 0.25) is 5.02 Å². The van der Waals surface area contributed by atoms with Gasteiger partial charge in [-0.2, -0.15) is 0 Å². The van der Waals surface area contributed by atoms with E-state index in [1.807, 2.05) is 6.07 Å². The van der Waals surface area contributed by atoms with Crippen LogP contribution in [0.5, 0.6) is 0 Å². The Morgan fingerprint density at radius 1 is 1.31 bits per heavy atom. The van der Waals surface area contributed by atoms with Crippen molar-refractivity contribution in [3.8, 4) is 0 Å². The van der Waals surface area contributed by atoms with E-state index < -0.39 is 0 Å². The summed E-state index contributed by atoms with van der Waals surface area (Å²) in [6, 6.07) is 5.06. The Morgan fingerprint density at radius 3 is 2.75 bits per heavy atom. The summed E-state index contributed by atoms with van der Waals surface area (Å²) < 4.78 is 13.0. The Labute approximate surface area is 109 Å². The van der Waals surface area contributed by atoms with Crippen LogP contribution >= 0.6 is 27.5 Å². The predicted octanol–water partition coefficient (Wildman–Crippen LogP) is 4.98. The monoisotopic (exact) mass is 304 g/mol. The summed E-state index contributed by atoms with van der Waals surface area (Å²) in [5.41, 5.74) is 1.14. The lowest BCUT2D eigenvalue weighted by Gasteiger charge is -2.27. The largest absolute Gasteiger partial charge is 0.205 e. The smallest absolute Gasteiger partial charge is 0.141 e. The number of alkyl halides is 1. The molecule has 2 rings (SSSR count). The Morgan fingerprint density at radius 2 is 2.06 bits per heavy atom. The lowest BCUT2D eigenvalue weighted by molar-refractivity contribution is 0.373. The molecule has 1 saturated carbocycles. The average molecular weight is 306 g/mol. The molecule has 1 aliphatic carbocycles. The van der Waals surface area contributed by atoms with Gasteiger partial charge in [-0.25, -0.2) is 4.39 Å². The molecule has 0 aliphatic heterocycles. The average Bonchev–Trinajstić information content (AvgIpc) is 2.27. The minimum atomic E-state index is -0.329. The van der Waals surface area contributed by atoms with Crippen molar-refractivity contribution in [2.45, 2.75) is 36.9 Å². The van der Waals surface area contributed by atoms with Gasteiger partial charge >= 0.3 is 0 Å². The molecule has 88 valence electrons. The molecule has 0 bridgehead atoms. The zero-order valence-corrected chi connectivity index (χ0v) is 11.4. The third-order valence-electron chi connectivity index (χ3n) is 3.30. The first-order valence-corrected chi connectivity index (χ1v) is 7.04. The molecule has 1 aromatic rings. The Bertz CT molecular complexity index is 367. The summed E-state index contributed by atoms with van der Waals surface area (Å²) in [4.78, 5) is 0.602. The molecule has 0 spiro atoms. The summed E-state index contributed by atoms with van der Waals surface area (Å²) in [5.74, 6) is 0.333. The second-order valence-electron chi connectivity index (χ2n) is 4.51. The van der Waals surface area contributed by atoms with Gasteiger partial charge in [0.25, 0.3) is 0 Å². The number of benzene rings is 1. The van der Waals surface area contributed by atoms with Gasteiger partial charge in [-0.15, -0.1) is 0 Å². The van der Waals surface area contributed by atoms with E-state index in [2.05, 4.69) is 15.9 Å². The first-order chi connectivity index (χ1) is 7.66. The topological polar surface area (TPSA) is 0 Å². The van der Waals surface area contributed by atoms with E-state index in [0.29, 0.717) is 10.7 Å². The van der Waals surface area contributed by atoms with Crippen LogP contribution in [0.15, 0.2) is 18.2 Å². The summed E-state index contributed by atoms with van der Waals surface area (Å²) in [6.45, 7) is 0. The third-order valence-corrected chi connectivity index (χ3v) is 4.79. The molecule has 0 amide bonds. The number of hydrogen-bond donors (Lipinski definition) is 0. The highest BCUT2D eigenvalue weighted by atomic mass is 79.9. The molecule has 1 aromatic carbocycles. The van der Waals surface area contributed by atoms with Crippen molar-refractivity contribution in [2.24, 2.45) is 5.92 Å². The third kappa shape index (κ3) is 2.98. The van der Waals surface area contributed by atoms with Crippen molar-refractivity contribution in [1.29, 1.82) is 0 Å². The standard InChI is InChI=1S/C13H15BrClF/c14-11-4-2-1-3-10(11)7-9-5-6-13(16)12(15)8-9/h5-6,8,10-11H,1-4,7H2. The Balaban J connectivity index is 2.05. The van der Waals surface area contributed by atoms with Gasteiger partial charge in [0.05, 0.1) is 5.02 Å².